The van der Waals surface area contributed by atoms with Crippen molar-refractivity contribution in [2.45, 2.75) is 44.9 Å². The largest absolute Gasteiger partial charge is 0.482 e. The first-order valence-corrected chi connectivity index (χ1v) is 15.9. The summed E-state index contributed by atoms with van der Waals surface area (Å²) in [6.07, 6.45) is 6.64. The highest BCUT2D eigenvalue weighted by atomic mass is 35.5. The third-order valence-electron chi connectivity index (χ3n) is 7.95. The van der Waals surface area contributed by atoms with E-state index in [9.17, 15) is 19.2 Å². The van der Waals surface area contributed by atoms with Gasteiger partial charge in [-0.3, -0.25) is 14.4 Å². The molecule has 46 heavy (non-hydrogen) atoms. The summed E-state index contributed by atoms with van der Waals surface area (Å²) in [5.74, 6) is -0.293. The number of hydrogen-bond acceptors (Lipinski definition) is 6. The number of halogens is 1. The minimum Gasteiger partial charge on any atom is -0.482 e. The van der Waals surface area contributed by atoms with Crippen molar-refractivity contribution < 1.29 is 28.7 Å². The van der Waals surface area contributed by atoms with E-state index in [0.29, 0.717) is 45.9 Å². The van der Waals surface area contributed by atoms with Gasteiger partial charge in [-0.2, -0.15) is 0 Å². The highest BCUT2D eigenvalue weighted by Crippen LogP contribution is 2.32. The number of para-hydroxylation sites is 2. The van der Waals surface area contributed by atoms with Gasteiger partial charge >= 0.3 is 12.0 Å². The molecule has 0 aromatic heterocycles. The Hall–Kier alpha value is -4.57. The van der Waals surface area contributed by atoms with Gasteiger partial charge in [0.25, 0.3) is 5.91 Å². The number of rotatable bonds is 12. The quantitative estimate of drug-likeness (QED) is 0.178. The van der Waals surface area contributed by atoms with Crippen LogP contribution in [0, 0.1) is 5.92 Å². The van der Waals surface area contributed by atoms with Crippen molar-refractivity contribution in [2.75, 3.05) is 49.0 Å². The van der Waals surface area contributed by atoms with E-state index in [-0.39, 0.29) is 37.4 Å². The smallest absolute Gasteiger partial charge is 0.319 e. The summed E-state index contributed by atoms with van der Waals surface area (Å²) in [7, 11) is 2.97. The summed E-state index contributed by atoms with van der Waals surface area (Å²) >= 11 is 6.10. The topological polar surface area (TPSA) is 117 Å². The van der Waals surface area contributed by atoms with E-state index >= 15 is 0 Å². The minimum absolute atomic E-state index is 0.0756. The van der Waals surface area contributed by atoms with Crippen LogP contribution in [-0.2, 0) is 25.5 Å². The summed E-state index contributed by atoms with van der Waals surface area (Å²) in [4.78, 5) is 54.3. The van der Waals surface area contributed by atoms with E-state index in [1.165, 1.54) is 24.9 Å². The molecular weight excluding hydrogens is 608 g/mol. The number of nitrogens with zero attached hydrogens (tertiary/aromatic N) is 2. The molecule has 4 rings (SSSR count). The number of amides is 4. The Labute approximate surface area is 275 Å². The molecule has 0 heterocycles. The number of carbonyl (C=O) groups excluding carboxylic acids is 4. The average Bonchev–Trinajstić information content (AvgIpc) is 3.33. The van der Waals surface area contributed by atoms with Crippen LogP contribution in [0.4, 0.5) is 21.9 Å². The highest BCUT2D eigenvalue weighted by Gasteiger charge is 2.25. The van der Waals surface area contributed by atoms with E-state index < -0.39 is 6.03 Å². The molecule has 3 aromatic carbocycles. The predicted octanol–water partition coefficient (Wildman–Crippen LogP) is 6.22. The van der Waals surface area contributed by atoms with Crippen molar-refractivity contribution in [1.29, 1.82) is 0 Å². The Bertz CT molecular complexity index is 1510. The van der Waals surface area contributed by atoms with Gasteiger partial charge in [-0.25, -0.2) is 4.79 Å². The first-order chi connectivity index (χ1) is 22.2. The van der Waals surface area contributed by atoms with E-state index in [4.69, 9.17) is 21.1 Å². The molecule has 0 bridgehead atoms. The Balaban J connectivity index is 1.45. The zero-order valence-electron chi connectivity index (χ0n) is 26.3. The second-order valence-electron chi connectivity index (χ2n) is 11.3. The van der Waals surface area contributed by atoms with Gasteiger partial charge in [0.2, 0.25) is 5.91 Å². The number of carbonyl (C=O) groups is 4. The van der Waals surface area contributed by atoms with Crippen molar-refractivity contribution >= 4 is 52.5 Å². The Morgan fingerprint density at radius 2 is 1.63 bits per heavy atom. The molecule has 4 amide bonds. The van der Waals surface area contributed by atoms with Gasteiger partial charge in [-0.15, -0.1) is 0 Å². The molecule has 11 heteroatoms. The van der Waals surface area contributed by atoms with E-state index in [2.05, 4.69) is 10.6 Å². The molecular formula is C35H41ClN4O6. The molecule has 2 N–H and O–H groups in total. The number of esters is 1. The van der Waals surface area contributed by atoms with Crippen LogP contribution >= 0.6 is 11.6 Å². The van der Waals surface area contributed by atoms with Crippen molar-refractivity contribution in [3.05, 3.63) is 83.4 Å². The third-order valence-corrected chi connectivity index (χ3v) is 8.19. The summed E-state index contributed by atoms with van der Waals surface area (Å²) in [5, 5.41) is 5.90. The van der Waals surface area contributed by atoms with Crippen molar-refractivity contribution in [3.63, 3.8) is 0 Å². The number of urea groups is 1. The van der Waals surface area contributed by atoms with Crippen LogP contribution in [0.2, 0.25) is 5.02 Å². The first-order valence-electron chi connectivity index (χ1n) is 15.5. The maximum absolute atomic E-state index is 13.8. The maximum atomic E-state index is 13.8. The monoisotopic (exact) mass is 648 g/mol. The molecule has 0 atom stereocenters. The second-order valence-corrected chi connectivity index (χ2v) is 11.7. The summed E-state index contributed by atoms with van der Waals surface area (Å²) < 4.78 is 10.7. The fraction of sp³-hybridized carbons (Fsp3) is 0.371. The molecule has 0 saturated heterocycles. The maximum Gasteiger partial charge on any atom is 0.319 e. The van der Waals surface area contributed by atoms with Gasteiger partial charge in [0, 0.05) is 30.0 Å². The second kappa shape index (κ2) is 17.2. The molecule has 1 saturated carbocycles. The van der Waals surface area contributed by atoms with Crippen LogP contribution in [0.15, 0.2) is 72.8 Å². The molecule has 3 aromatic rings. The SMILES string of the molecule is COC(=O)Cc1cccc(NC(=O)NCC(=O)N(CC2CCCCCC2)c2ccccc2OCC(=O)N(C)c2cccc(Cl)c2)c1. The van der Waals surface area contributed by atoms with Crippen molar-refractivity contribution in [3.8, 4) is 5.75 Å². The molecule has 0 aliphatic heterocycles. The van der Waals surface area contributed by atoms with E-state index in [0.717, 1.165) is 25.7 Å². The average molecular weight is 649 g/mol. The lowest BCUT2D eigenvalue weighted by atomic mass is 9.99. The molecule has 0 radical (unpaired) electrons. The number of anilines is 3. The van der Waals surface area contributed by atoms with Gasteiger partial charge < -0.3 is 29.9 Å². The van der Waals surface area contributed by atoms with Crippen molar-refractivity contribution in [2.24, 2.45) is 5.92 Å². The van der Waals surface area contributed by atoms with Crippen LogP contribution in [0.25, 0.3) is 0 Å². The number of likely N-dealkylation sites (N-methyl/N-ethyl adjacent to an activating group) is 1. The highest BCUT2D eigenvalue weighted by molar-refractivity contribution is 6.30. The fourth-order valence-corrected chi connectivity index (χ4v) is 5.62. The molecule has 1 aliphatic carbocycles. The first kappa shape index (κ1) is 34.3. The Morgan fingerprint density at radius 3 is 2.37 bits per heavy atom. The third kappa shape index (κ3) is 10.2. The Morgan fingerprint density at radius 1 is 0.891 bits per heavy atom. The number of ether oxygens (including phenoxy) is 2. The van der Waals surface area contributed by atoms with Gasteiger partial charge in [0.1, 0.15) is 5.75 Å². The van der Waals surface area contributed by atoms with E-state index in [1.54, 1.807) is 78.7 Å². The minimum atomic E-state index is -0.558. The number of hydrogen-bond donors (Lipinski definition) is 2. The zero-order chi connectivity index (χ0) is 32.9. The lowest BCUT2D eigenvalue weighted by molar-refractivity contribution is -0.139. The molecule has 0 unspecified atom stereocenters. The number of methoxy groups -OCH3 is 1. The van der Waals surface area contributed by atoms with E-state index in [1.807, 2.05) is 6.07 Å². The van der Waals surface area contributed by atoms with Gasteiger partial charge in [-0.05, 0) is 66.8 Å². The zero-order valence-corrected chi connectivity index (χ0v) is 27.1. The van der Waals surface area contributed by atoms with Gasteiger partial charge in [0.15, 0.2) is 6.61 Å². The normalized spacial score (nSPS) is 13.2. The summed E-state index contributed by atoms with van der Waals surface area (Å²) in [5.41, 5.74) is 2.34. The number of nitrogens with one attached hydrogen (secondary N) is 2. The van der Waals surface area contributed by atoms with Crippen LogP contribution < -0.4 is 25.2 Å². The van der Waals surface area contributed by atoms with Crippen LogP contribution in [0.5, 0.6) is 5.75 Å². The summed E-state index contributed by atoms with van der Waals surface area (Å²) in [6.45, 7) is -0.0409. The fourth-order valence-electron chi connectivity index (χ4n) is 5.43. The Kier molecular flexibility index (Phi) is 12.8. The number of benzene rings is 3. The van der Waals surface area contributed by atoms with Crippen LogP contribution in [-0.4, -0.2) is 57.7 Å². The lowest BCUT2D eigenvalue weighted by Crippen LogP contribution is -2.43. The molecule has 1 fully saturated rings. The molecule has 244 valence electrons. The molecule has 10 nitrogen and oxygen atoms in total. The summed E-state index contributed by atoms with van der Waals surface area (Å²) in [6, 6.07) is 20.4. The lowest BCUT2D eigenvalue weighted by Gasteiger charge is -2.29. The molecule has 1 aliphatic rings. The van der Waals surface area contributed by atoms with Crippen LogP contribution in [0.1, 0.15) is 44.1 Å². The van der Waals surface area contributed by atoms with Crippen molar-refractivity contribution in [1.82, 2.24) is 5.32 Å². The predicted molar refractivity (Wildman–Crippen MR) is 180 cm³/mol. The van der Waals surface area contributed by atoms with Gasteiger partial charge in [-0.1, -0.05) is 67.6 Å². The molecule has 0 spiro atoms. The standard InChI is InChI=1S/C35H41ClN4O6/c1-39(29-16-10-14-27(36)21-29)33(42)24-46-31-18-8-7-17-30(31)40(23-25-11-5-3-4-6-12-25)32(41)22-37-35(44)38-28-15-9-13-26(19-28)20-34(43)45-2/h7-10,13-19,21,25H,3-6,11-12,20,22-24H2,1-2H3,(H2,37,38,44). The van der Waals surface area contributed by atoms with Gasteiger partial charge in [0.05, 0.1) is 25.8 Å². The van der Waals surface area contributed by atoms with Crippen LogP contribution in [0.3, 0.4) is 0 Å².